The minimum absolute atomic E-state index is 0.0651. The number of thioether (sulfide) groups is 1. The van der Waals surface area contributed by atoms with E-state index in [4.69, 9.17) is 0 Å². The molecule has 5 nitrogen and oxygen atoms in total. The van der Waals surface area contributed by atoms with E-state index in [1.54, 1.807) is 0 Å². The predicted octanol–water partition coefficient (Wildman–Crippen LogP) is 5.71. The Morgan fingerprint density at radius 3 is 2.09 bits per heavy atom. The number of hydrogen-bond donors (Lipinski definition) is 1. The minimum Gasteiger partial charge on any atom is -0.325 e. The van der Waals surface area contributed by atoms with Crippen LogP contribution >= 0.6 is 11.8 Å². The van der Waals surface area contributed by atoms with E-state index in [0.717, 1.165) is 30.0 Å². The highest BCUT2D eigenvalue weighted by Crippen LogP contribution is 2.24. The second-order valence-electron chi connectivity index (χ2n) is 7.80. The Labute approximate surface area is 199 Å². The van der Waals surface area contributed by atoms with Crippen molar-refractivity contribution in [1.29, 1.82) is 0 Å². The second kappa shape index (κ2) is 11.0. The van der Waals surface area contributed by atoms with Gasteiger partial charge in [0.15, 0.2) is 5.16 Å². The van der Waals surface area contributed by atoms with Gasteiger partial charge in [0.25, 0.3) is 0 Å². The molecule has 1 heterocycles. The largest absolute Gasteiger partial charge is 0.325 e. The standard InChI is InChI=1S/C27H28N4OS/c1-3-20-10-14-23(15-11-20)28-26(32)19-33-27-30-29-25(18-22-8-6-5-7-9-22)31(27)24-16-12-21(4-2)13-17-24/h5-17H,3-4,18-19H2,1-2H3,(H,28,32). The lowest BCUT2D eigenvalue weighted by atomic mass is 10.1. The van der Waals surface area contributed by atoms with Crippen molar-refractivity contribution in [3.63, 3.8) is 0 Å². The molecule has 1 aromatic heterocycles. The Morgan fingerprint density at radius 2 is 1.45 bits per heavy atom. The van der Waals surface area contributed by atoms with E-state index in [1.165, 1.54) is 28.5 Å². The summed E-state index contributed by atoms with van der Waals surface area (Å²) in [6.45, 7) is 4.26. The third kappa shape index (κ3) is 5.90. The number of nitrogens with zero attached hydrogens (tertiary/aromatic N) is 3. The van der Waals surface area contributed by atoms with E-state index < -0.39 is 0 Å². The molecule has 6 heteroatoms. The van der Waals surface area contributed by atoms with Crippen LogP contribution in [0.15, 0.2) is 84.0 Å². The van der Waals surface area contributed by atoms with E-state index in [1.807, 2.05) is 42.5 Å². The van der Waals surface area contributed by atoms with E-state index >= 15 is 0 Å². The van der Waals surface area contributed by atoms with Crippen LogP contribution < -0.4 is 5.32 Å². The highest BCUT2D eigenvalue weighted by atomic mass is 32.2. The monoisotopic (exact) mass is 456 g/mol. The first-order valence-electron chi connectivity index (χ1n) is 11.3. The highest BCUT2D eigenvalue weighted by Gasteiger charge is 2.16. The lowest BCUT2D eigenvalue weighted by Gasteiger charge is -2.11. The summed E-state index contributed by atoms with van der Waals surface area (Å²) in [5.74, 6) is 1.04. The molecule has 4 rings (SSSR count). The average Bonchev–Trinajstić information content (AvgIpc) is 3.26. The van der Waals surface area contributed by atoms with Crippen molar-refractivity contribution in [3.8, 4) is 5.69 Å². The smallest absolute Gasteiger partial charge is 0.234 e. The van der Waals surface area contributed by atoms with Crippen LogP contribution in [0.5, 0.6) is 0 Å². The Bertz CT molecular complexity index is 1190. The molecule has 0 bridgehead atoms. The third-order valence-corrected chi connectivity index (χ3v) is 6.42. The van der Waals surface area contributed by atoms with Crippen LogP contribution in [0, 0.1) is 0 Å². The van der Waals surface area contributed by atoms with Gasteiger partial charge < -0.3 is 5.32 Å². The molecule has 33 heavy (non-hydrogen) atoms. The molecule has 1 amide bonds. The van der Waals surface area contributed by atoms with Gasteiger partial charge in [-0.25, -0.2) is 0 Å². The molecule has 168 valence electrons. The summed E-state index contributed by atoms with van der Waals surface area (Å²) >= 11 is 1.40. The Morgan fingerprint density at radius 1 is 0.818 bits per heavy atom. The van der Waals surface area contributed by atoms with Crippen LogP contribution in [-0.4, -0.2) is 26.4 Å². The summed E-state index contributed by atoms with van der Waals surface area (Å²) in [5, 5.41) is 12.6. The van der Waals surface area contributed by atoms with Gasteiger partial charge in [-0.05, 0) is 53.8 Å². The van der Waals surface area contributed by atoms with Gasteiger partial charge in [0.05, 0.1) is 5.75 Å². The number of benzene rings is 3. The van der Waals surface area contributed by atoms with Gasteiger partial charge in [-0.1, -0.05) is 80.2 Å². The Hall–Kier alpha value is -3.38. The zero-order chi connectivity index (χ0) is 23.0. The molecule has 0 unspecified atom stereocenters. The van der Waals surface area contributed by atoms with Crippen molar-refractivity contribution < 1.29 is 4.79 Å². The summed E-state index contributed by atoms with van der Waals surface area (Å²) in [7, 11) is 0. The van der Waals surface area contributed by atoms with Gasteiger partial charge in [-0.15, -0.1) is 10.2 Å². The van der Waals surface area contributed by atoms with E-state index in [9.17, 15) is 4.79 Å². The molecule has 0 radical (unpaired) electrons. The quantitative estimate of drug-likeness (QED) is 0.328. The first kappa shape index (κ1) is 22.8. The zero-order valence-electron chi connectivity index (χ0n) is 19.0. The summed E-state index contributed by atoms with van der Waals surface area (Å²) in [6.07, 6.45) is 2.63. The predicted molar refractivity (Wildman–Crippen MR) is 135 cm³/mol. The third-order valence-electron chi connectivity index (χ3n) is 5.49. The summed E-state index contributed by atoms with van der Waals surface area (Å²) in [6, 6.07) is 26.6. The molecule has 0 aliphatic heterocycles. The lowest BCUT2D eigenvalue weighted by Crippen LogP contribution is -2.14. The van der Waals surface area contributed by atoms with Crippen molar-refractivity contribution in [1.82, 2.24) is 14.8 Å². The highest BCUT2D eigenvalue weighted by molar-refractivity contribution is 7.99. The number of anilines is 1. The van der Waals surface area contributed by atoms with Crippen LogP contribution in [0.2, 0.25) is 0 Å². The number of hydrogen-bond acceptors (Lipinski definition) is 4. The number of rotatable bonds is 9. The van der Waals surface area contributed by atoms with Crippen LogP contribution in [-0.2, 0) is 24.1 Å². The SMILES string of the molecule is CCc1ccc(NC(=O)CSc2nnc(Cc3ccccc3)n2-c2ccc(CC)cc2)cc1. The van der Waals surface area contributed by atoms with Crippen molar-refractivity contribution in [3.05, 3.63) is 101 Å². The topological polar surface area (TPSA) is 59.8 Å². The zero-order valence-corrected chi connectivity index (χ0v) is 19.8. The molecule has 0 spiro atoms. The first-order valence-corrected chi connectivity index (χ1v) is 12.2. The van der Waals surface area contributed by atoms with Crippen molar-refractivity contribution >= 4 is 23.4 Å². The van der Waals surface area contributed by atoms with Crippen molar-refractivity contribution in [2.75, 3.05) is 11.1 Å². The van der Waals surface area contributed by atoms with E-state index in [-0.39, 0.29) is 11.7 Å². The fraction of sp³-hybridized carbons (Fsp3) is 0.222. The van der Waals surface area contributed by atoms with Crippen LogP contribution in [0.1, 0.15) is 36.4 Å². The molecule has 0 saturated heterocycles. The number of carbonyl (C=O) groups is 1. The molecule has 0 atom stereocenters. The van der Waals surface area contributed by atoms with E-state index in [2.05, 4.69) is 70.3 Å². The summed E-state index contributed by atoms with van der Waals surface area (Å²) < 4.78 is 2.06. The number of aryl methyl sites for hydroxylation is 2. The first-order chi connectivity index (χ1) is 16.2. The molecule has 1 N–H and O–H groups in total. The molecule has 0 fully saturated rings. The van der Waals surface area contributed by atoms with Crippen molar-refractivity contribution in [2.45, 2.75) is 38.3 Å². The Balaban J connectivity index is 1.53. The molecule has 0 saturated carbocycles. The van der Waals surface area contributed by atoms with Crippen molar-refractivity contribution in [2.24, 2.45) is 0 Å². The van der Waals surface area contributed by atoms with Gasteiger partial charge in [-0.2, -0.15) is 0 Å². The van der Waals surface area contributed by atoms with Gasteiger partial charge in [0.1, 0.15) is 5.82 Å². The normalized spacial score (nSPS) is 10.8. The fourth-order valence-corrected chi connectivity index (χ4v) is 4.35. The number of carbonyl (C=O) groups excluding carboxylic acids is 1. The minimum atomic E-state index is -0.0651. The summed E-state index contributed by atoms with van der Waals surface area (Å²) in [4.78, 5) is 12.6. The second-order valence-corrected chi connectivity index (χ2v) is 8.75. The summed E-state index contributed by atoms with van der Waals surface area (Å²) in [5.41, 5.74) is 5.50. The maximum Gasteiger partial charge on any atom is 0.234 e. The molecule has 0 aliphatic carbocycles. The maximum atomic E-state index is 12.6. The van der Waals surface area contributed by atoms with Crippen LogP contribution in [0.3, 0.4) is 0 Å². The average molecular weight is 457 g/mol. The van der Waals surface area contributed by atoms with E-state index in [0.29, 0.717) is 11.6 Å². The number of amides is 1. The molecule has 3 aromatic carbocycles. The number of aromatic nitrogens is 3. The van der Waals surface area contributed by atoms with Crippen LogP contribution in [0.4, 0.5) is 5.69 Å². The van der Waals surface area contributed by atoms with Gasteiger partial charge in [0, 0.05) is 17.8 Å². The molecular weight excluding hydrogens is 428 g/mol. The molecular formula is C27H28N4OS. The lowest BCUT2D eigenvalue weighted by molar-refractivity contribution is -0.113. The molecule has 4 aromatic rings. The number of nitrogens with one attached hydrogen (secondary N) is 1. The molecule has 0 aliphatic rings. The maximum absolute atomic E-state index is 12.6. The van der Waals surface area contributed by atoms with Crippen LogP contribution in [0.25, 0.3) is 5.69 Å². The van der Waals surface area contributed by atoms with Gasteiger partial charge in [0.2, 0.25) is 5.91 Å². The Kier molecular flexibility index (Phi) is 7.58. The fourth-order valence-electron chi connectivity index (χ4n) is 3.58. The van der Waals surface area contributed by atoms with Gasteiger partial charge in [-0.3, -0.25) is 9.36 Å². The van der Waals surface area contributed by atoms with Gasteiger partial charge >= 0.3 is 0 Å².